The molecule has 2 aromatic carbocycles. The van der Waals surface area contributed by atoms with Crippen LogP contribution in [0.15, 0.2) is 47.4 Å². The Kier molecular flexibility index (Phi) is 7.58. The average Bonchev–Trinajstić information content (AvgIpc) is 2.76. The number of rotatable bonds is 6. The van der Waals surface area contributed by atoms with Crippen molar-refractivity contribution < 1.29 is 45.4 Å². The summed E-state index contributed by atoms with van der Waals surface area (Å²) in [6.07, 6.45) is -6.16. The molecule has 12 heteroatoms. The molecule has 0 aliphatic carbocycles. The molecule has 196 valence electrons. The van der Waals surface area contributed by atoms with E-state index in [4.69, 9.17) is 9.47 Å². The predicted octanol–water partition coefficient (Wildman–Crippen LogP) is 4.11. The fraction of sp³-hybridized carbons (Fsp3) is 0.417. The molecule has 0 saturated carbocycles. The van der Waals surface area contributed by atoms with E-state index in [1.807, 2.05) is 0 Å². The molecule has 8 nitrogen and oxygen atoms in total. The van der Waals surface area contributed by atoms with Crippen molar-refractivity contribution in [3.05, 3.63) is 53.6 Å². The van der Waals surface area contributed by atoms with Gasteiger partial charge in [0.1, 0.15) is 17.5 Å². The molecule has 0 spiro atoms. The van der Waals surface area contributed by atoms with Crippen molar-refractivity contribution in [1.82, 2.24) is 0 Å². The van der Waals surface area contributed by atoms with Gasteiger partial charge in [-0.15, -0.1) is 0 Å². The number of ether oxygens (including phenoxy) is 3. The van der Waals surface area contributed by atoms with Gasteiger partial charge in [0.25, 0.3) is 10.0 Å². The van der Waals surface area contributed by atoms with Gasteiger partial charge in [-0.05, 0) is 56.7 Å². The lowest BCUT2D eigenvalue weighted by Crippen LogP contribution is -2.44. The van der Waals surface area contributed by atoms with E-state index in [-0.39, 0.29) is 30.8 Å². The zero-order valence-corrected chi connectivity index (χ0v) is 20.9. The van der Waals surface area contributed by atoms with E-state index in [0.29, 0.717) is 11.6 Å². The molecule has 3 rings (SSSR count). The standard InChI is InChI=1S/C24H26F3NO7S/c1-23(2,3)35-22(30)11-15-8-9-20-19(10-15)28(14-17(34-20)13-21(29)33-4)36(31,32)18-7-5-6-16(12-18)24(25,26)27/h5-10,12,17H,11,13-14H2,1-4H3/t17-/m1/s1. The largest absolute Gasteiger partial charge is 0.486 e. The molecular weight excluding hydrogens is 503 g/mol. The molecule has 2 aromatic rings. The van der Waals surface area contributed by atoms with Gasteiger partial charge < -0.3 is 14.2 Å². The number of carbonyl (C=O) groups is 2. The monoisotopic (exact) mass is 529 g/mol. The van der Waals surface area contributed by atoms with Crippen molar-refractivity contribution in [1.29, 1.82) is 0 Å². The summed E-state index contributed by atoms with van der Waals surface area (Å²) in [6.45, 7) is 4.75. The van der Waals surface area contributed by atoms with Gasteiger partial charge in [0.15, 0.2) is 0 Å². The number of fused-ring (bicyclic) bond motifs is 1. The van der Waals surface area contributed by atoms with Gasteiger partial charge in [-0.3, -0.25) is 13.9 Å². The van der Waals surface area contributed by atoms with Crippen LogP contribution in [0.2, 0.25) is 0 Å². The number of hydrogen-bond donors (Lipinski definition) is 0. The van der Waals surface area contributed by atoms with Gasteiger partial charge in [-0.1, -0.05) is 12.1 Å². The van der Waals surface area contributed by atoms with Crippen molar-refractivity contribution in [2.45, 2.75) is 56.4 Å². The van der Waals surface area contributed by atoms with E-state index in [2.05, 4.69) is 4.74 Å². The van der Waals surface area contributed by atoms with Crippen LogP contribution < -0.4 is 9.04 Å². The number of anilines is 1. The molecule has 1 aliphatic rings. The number of alkyl halides is 3. The maximum atomic E-state index is 13.5. The Labute approximate surface area is 207 Å². The molecule has 0 amide bonds. The molecule has 1 aliphatic heterocycles. The lowest BCUT2D eigenvalue weighted by atomic mass is 10.1. The Bertz CT molecular complexity index is 1250. The summed E-state index contributed by atoms with van der Waals surface area (Å²) in [7, 11) is -3.36. The van der Waals surface area contributed by atoms with E-state index < -0.39 is 50.3 Å². The van der Waals surface area contributed by atoms with Crippen LogP contribution in [-0.2, 0) is 41.7 Å². The van der Waals surface area contributed by atoms with Gasteiger partial charge in [0.05, 0.1) is 42.6 Å². The van der Waals surface area contributed by atoms with Crippen molar-refractivity contribution in [3.63, 3.8) is 0 Å². The molecule has 0 saturated heterocycles. The first-order chi connectivity index (χ1) is 16.6. The minimum absolute atomic E-state index is 0.0228. The first-order valence-electron chi connectivity index (χ1n) is 10.9. The topological polar surface area (TPSA) is 99.2 Å². The van der Waals surface area contributed by atoms with Crippen LogP contribution in [0.3, 0.4) is 0 Å². The highest BCUT2D eigenvalue weighted by Gasteiger charge is 2.38. The second kappa shape index (κ2) is 10.00. The third-order valence-corrected chi connectivity index (χ3v) is 6.87. The van der Waals surface area contributed by atoms with E-state index in [9.17, 15) is 31.2 Å². The van der Waals surface area contributed by atoms with Crippen LogP contribution in [0.5, 0.6) is 5.75 Å². The normalized spacial score (nSPS) is 16.1. The van der Waals surface area contributed by atoms with E-state index >= 15 is 0 Å². The van der Waals surface area contributed by atoms with Crippen LogP contribution in [0.1, 0.15) is 38.3 Å². The fourth-order valence-electron chi connectivity index (χ4n) is 3.58. The minimum atomic E-state index is -4.75. The third kappa shape index (κ3) is 6.48. The number of sulfonamides is 1. The number of halogens is 3. The fourth-order valence-corrected chi connectivity index (χ4v) is 5.12. The lowest BCUT2D eigenvalue weighted by molar-refractivity contribution is -0.154. The van der Waals surface area contributed by atoms with Gasteiger partial charge >= 0.3 is 18.1 Å². The van der Waals surface area contributed by atoms with E-state index in [1.54, 1.807) is 26.8 Å². The van der Waals surface area contributed by atoms with E-state index in [1.165, 1.54) is 19.2 Å². The van der Waals surface area contributed by atoms with Gasteiger partial charge in [0, 0.05) is 0 Å². The first-order valence-corrected chi connectivity index (χ1v) is 12.3. The molecule has 1 atom stereocenters. The molecule has 1 heterocycles. The predicted molar refractivity (Wildman–Crippen MR) is 123 cm³/mol. The number of hydrogen-bond acceptors (Lipinski definition) is 7. The van der Waals surface area contributed by atoms with Crippen molar-refractivity contribution in [2.24, 2.45) is 0 Å². The first kappa shape index (κ1) is 27.3. The Morgan fingerprint density at radius 2 is 1.78 bits per heavy atom. The second-order valence-electron chi connectivity index (χ2n) is 9.15. The van der Waals surface area contributed by atoms with Crippen LogP contribution in [0.25, 0.3) is 0 Å². The lowest BCUT2D eigenvalue weighted by Gasteiger charge is -2.35. The smallest absolute Gasteiger partial charge is 0.416 e. The molecule has 0 fully saturated rings. The van der Waals surface area contributed by atoms with Crippen LogP contribution in [0.4, 0.5) is 18.9 Å². The molecule has 0 unspecified atom stereocenters. The molecule has 0 radical (unpaired) electrons. The van der Waals surface area contributed by atoms with E-state index in [0.717, 1.165) is 22.5 Å². The number of esters is 2. The zero-order chi connectivity index (χ0) is 26.9. The molecule has 36 heavy (non-hydrogen) atoms. The molecule has 0 aromatic heterocycles. The third-order valence-electron chi connectivity index (χ3n) is 5.09. The maximum Gasteiger partial charge on any atom is 0.416 e. The Balaban J connectivity index is 2.04. The van der Waals surface area contributed by atoms with Crippen LogP contribution in [-0.4, -0.2) is 45.7 Å². The molecule has 0 N–H and O–H groups in total. The molecular formula is C24H26F3NO7S. The highest BCUT2D eigenvalue weighted by Crippen LogP contribution is 2.39. The summed E-state index contributed by atoms with van der Waals surface area (Å²) < 4.78 is 83.5. The number of nitrogens with zero attached hydrogens (tertiary/aromatic N) is 1. The highest BCUT2D eigenvalue weighted by molar-refractivity contribution is 7.92. The summed E-state index contributed by atoms with van der Waals surface area (Å²) in [4.78, 5) is 23.5. The summed E-state index contributed by atoms with van der Waals surface area (Å²) in [5, 5.41) is 0. The van der Waals surface area contributed by atoms with Crippen molar-refractivity contribution in [3.8, 4) is 5.75 Å². The quantitative estimate of drug-likeness (QED) is 0.520. The Morgan fingerprint density at radius 3 is 2.39 bits per heavy atom. The Morgan fingerprint density at radius 1 is 1.08 bits per heavy atom. The van der Waals surface area contributed by atoms with Crippen molar-refractivity contribution in [2.75, 3.05) is 18.0 Å². The highest BCUT2D eigenvalue weighted by atomic mass is 32.2. The summed E-state index contributed by atoms with van der Waals surface area (Å²) in [5.74, 6) is -1.12. The average molecular weight is 530 g/mol. The minimum Gasteiger partial charge on any atom is -0.486 e. The number of methoxy groups -OCH3 is 1. The number of carbonyl (C=O) groups excluding carboxylic acids is 2. The second-order valence-corrected chi connectivity index (χ2v) is 11.0. The van der Waals surface area contributed by atoms with Gasteiger partial charge in [0.2, 0.25) is 0 Å². The Hall–Kier alpha value is -3.28. The number of benzene rings is 2. The van der Waals surface area contributed by atoms with Crippen LogP contribution in [0, 0.1) is 0 Å². The summed E-state index contributed by atoms with van der Waals surface area (Å²) >= 11 is 0. The SMILES string of the molecule is COC(=O)C[C@@H]1CN(S(=O)(=O)c2cccc(C(F)(F)F)c2)c2cc(CC(=O)OC(C)(C)C)ccc2O1. The van der Waals surface area contributed by atoms with Gasteiger partial charge in [-0.2, -0.15) is 13.2 Å². The zero-order valence-electron chi connectivity index (χ0n) is 20.1. The van der Waals surface area contributed by atoms with Crippen LogP contribution >= 0.6 is 0 Å². The maximum absolute atomic E-state index is 13.5. The van der Waals surface area contributed by atoms with Gasteiger partial charge in [-0.25, -0.2) is 8.42 Å². The summed E-state index contributed by atoms with van der Waals surface area (Å²) in [5.41, 5.74) is -1.42. The summed E-state index contributed by atoms with van der Waals surface area (Å²) in [6, 6.07) is 7.75. The van der Waals surface area contributed by atoms with Crippen molar-refractivity contribution >= 4 is 27.6 Å². The molecule has 0 bridgehead atoms.